The molecule has 0 bridgehead atoms. The molecule has 1 aliphatic carbocycles. The molecule has 0 heterocycles. The number of hydrazone groups is 1. The van der Waals surface area contributed by atoms with E-state index in [1.165, 1.54) is 0 Å². The van der Waals surface area contributed by atoms with Gasteiger partial charge in [0.1, 0.15) is 5.75 Å². The molecule has 1 saturated carbocycles. The molecule has 2 rings (SSSR count). The third-order valence-corrected chi connectivity index (χ3v) is 4.46. The lowest BCUT2D eigenvalue weighted by Gasteiger charge is -2.34. The quantitative estimate of drug-likeness (QED) is 0.857. The maximum Gasteiger partial charge on any atom is 0.271 e. The van der Waals surface area contributed by atoms with Crippen molar-refractivity contribution in [3.8, 4) is 5.75 Å². The van der Waals surface area contributed by atoms with Crippen LogP contribution in [0, 0.1) is 11.3 Å². The number of ether oxygens (including phenoxy) is 1. The van der Waals surface area contributed by atoms with Gasteiger partial charge in [0.05, 0.1) is 7.11 Å². The summed E-state index contributed by atoms with van der Waals surface area (Å²) in [6, 6.07) is 7.03. The SMILES string of the molecule is COc1ccc(C(=O)NN=C2CCC(C(C)(C)C)CC2)cc1. The zero-order valence-electron chi connectivity index (χ0n) is 14.0. The molecule has 0 aliphatic heterocycles. The van der Waals surface area contributed by atoms with E-state index in [1.54, 1.807) is 31.4 Å². The summed E-state index contributed by atoms with van der Waals surface area (Å²) in [7, 11) is 1.61. The first-order valence-electron chi connectivity index (χ1n) is 7.90. The van der Waals surface area contributed by atoms with Gasteiger partial charge in [0.25, 0.3) is 5.91 Å². The standard InChI is InChI=1S/C18H26N2O2/c1-18(2,3)14-7-9-15(10-8-14)19-20-17(21)13-5-11-16(22-4)12-6-13/h5-6,11-12,14H,7-10H2,1-4H3,(H,20,21). The molecule has 1 fully saturated rings. The van der Waals surface area contributed by atoms with Crippen LogP contribution in [0.2, 0.25) is 0 Å². The molecule has 0 saturated heterocycles. The van der Waals surface area contributed by atoms with Gasteiger partial charge in [-0.05, 0) is 61.3 Å². The van der Waals surface area contributed by atoms with E-state index in [-0.39, 0.29) is 5.91 Å². The smallest absolute Gasteiger partial charge is 0.271 e. The van der Waals surface area contributed by atoms with E-state index in [1.807, 2.05) is 0 Å². The van der Waals surface area contributed by atoms with Crippen molar-refractivity contribution >= 4 is 11.6 Å². The van der Waals surface area contributed by atoms with Gasteiger partial charge in [0.15, 0.2) is 0 Å². The third-order valence-electron chi connectivity index (χ3n) is 4.46. The Bertz CT molecular complexity index is 531. The van der Waals surface area contributed by atoms with Crippen LogP contribution in [0.4, 0.5) is 0 Å². The number of nitrogens with zero attached hydrogens (tertiary/aromatic N) is 1. The first kappa shape index (κ1) is 16.5. The minimum Gasteiger partial charge on any atom is -0.497 e. The highest BCUT2D eigenvalue weighted by Gasteiger charge is 2.28. The van der Waals surface area contributed by atoms with Crippen LogP contribution >= 0.6 is 0 Å². The minimum absolute atomic E-state index is 0.173. The number of hydrogen-bond acceptors (Lipinski definition) is 3. The fraction of sp³-hybridized carbons (Fsp3) is 0.556. The van der Waals surface area contributed by atoms with Crippen LogP contribution in [0.25, 0.3) is 0 Å². The number of nitrogens with one attached hydrogen (secondary N) is 1. The van der Waals surface area contributed by atoms with Crippen LogP contribution in [0.1, 0.15) is 56.8 Å². The summed E-state index contributed by atoms with van der Waals surface area (Å²) in [6.07, 6.45) is 4.26. The Morgan fingerprint density at radius 3 is 2.27 bits per heavy atom. The van der Waals surface area contributed by atoms with Gasteiger partial charge < -0.3 is 4.74 Å². The van der Waals surface area contributed by atoms with Gasteiger partial charge in [0, 0.05) is 11.3 Å². The number of methoxy groups -OCH3 is 1. The Kier molecular flexibility index (Phi) is 5.22. The largest absolute Gasteiger partial charge is 0.497 e. The summed E-state index contributed by atoms with van der Waals surface area (Å²) in [5, 5.41) is 4.30. The van der Waals surface area contributed by atoms with E-state index in [0.29, 0.717) is 11.0 Å². The summed E-state index contributed by atoms with van der Waals surface area (Å²) in [4.78, 5) is 12.1. The minimum atomic E-state index is -0.173. The predicted molar refractivity (Wildman–Crippen MR) is 89.3 cm³/mol. The van der Waals surface area contributed by atoms with Gasteiger partial charge >= 0.3 is 0 Å². The highest BCUT2D eigenvalue weighted by Crippen LogP contribution is 2.36. The molecule has 1 N–H and O–H groups in total. The Morgan fingerprint density at radius 1 is 1.18 bits per heavy atom. The molecular weight excluding hydrogens is 276 g/mol. The third kappa shape index (κ3) is 4.33. The van der Waals surface area contributed by atoms with Crippen LogP contribution in [-0.4, -0.2) is 18.7 Å². The van der Waals surface area contributed by atoms with Crippen molar-refractivity contribution < 1.29 is 9.53 Å². The van der Waals surface area contributed by atoms with Gasteiger partial charge in [-0.15, -0.1) is 0 Å². The predicted octanol–water partition coefficient (Wildman–Crippen LogP) is 4.02. The van der Waals surface area contributed by atoms with Gasteiger partial charge in [0.2, 0.25) is 0 Å². The van der Waals surface area contributed by atoms with Crippen molar-refractivity contribution in [1.82, 2.24) is 5.43 Å². The molecule has 0 aromatic heterocycles. The maximum absolute atomic E-state index is 12.1. The van der Waals surface area contributed by atoms with Crippen LogP contribution in [0.15, 0.2) is 29.4 Å². The zero-order chi connectivity index (χ0) is 16.2. The van der Waals surface area contributed by atoms with Crippen LogP contribution in [-0.2, 0) is 0 Å². The van der Waals surface area contributed by atoms with E-state index in [9.17, 15) is 4.79 Å². The molecule has 4 nitrogen and oxygen atoms in total. The van der Waals surface area contributed by atoms with Crippen LogP contribution in [0.5, 0.6) is 5.75 Å². The van der Waals surface area contributed by atoms with E-state index < -0.39 is 0 Å². The maximum atomic E-state index is 12.1. The number of amides is 1. The topological polar surface area (TPSA) is 50.7 Å². The molecule has 0 radical (unpaired) electrons. The lowest BCUT2D eigenvalue weighted by molar-refractivity contribution is 0.0954. The Labute approximate surface area is 132 Å². The van der Waals surface area contributed by atoms with Gasteiger partial charge in [-0.3, -0.25) is 4.79 Å². The van der Waals surface area contributed by atoms with Gasteiger partial charge in [-0.25, -0.2) is 5.43 Å². The van der Waals surface area contributed by atoms with E-state index in [2.05, 4.69) is 31.3 Å². The molecule has 22 heavy (non-hydrogen) atoms. The number of benzene rings is 1. The van der Waals surface area contributed by atoms with Crippen LogP contribution < -0.4 is 10.2 Å². The zero-order valence-corrected chi connectivity index (χ0v) is 14.0. The number of carbonyl (C=O) groups excluding carboxylic acids is 1. The molecule has 0 atom stereocenters. The molecule has 120 valence electrons. The van der Waals surface area contributed by atoms with Crippen molar-refractivity contribution in [1.29, 1.82) is 0 Å². The molecule has 0 spiro atoms. The van der Waals surface area contributed by atoms with Gasteiger partial charge in [-0.2, -0.15) is 5.10 Å². The van der Waals surface area contributed by atoms with E-state index in [4.69, 9.17) is 4.74 Å². The summed E-state index contributed by atoms with van der Waals surface area (Å²) < 4.78 is 5.08. The molecule has 1 aromatic carbocycles. The molecule has 0 unspecified atom stereocenters. The Hall–Kier alpha value is -1.84. The molecular formula is C18H26N2O2. The lowest BCUT2D eigenvalue weighted by Crippen LogP contribution is -2.27. The monoisotopic (exact) mass is 302 g/mol. The molecule has 1 amide bonds. The number of hydrogen-bond donors (Lipinski definition) is 1. The van der Waals surface area contributed by atoms with Crippen molar-refractivity contribution in [3.05, 3.63) is 29.8 Å². The van der Waals surface area contributed by atoms with Crippen molar-refractivity contribution in [2.45, 2.75) is 46.5 Å². The Balaban J connectivity index is 1.88. The fourth-order valence-corrected chi connectivity index (χ4v) is 2.87. The normalized spacial score (nSPS) is 18.7. The number of carbonyl (C=O) groups is 1. The first-order chi connectivity index (χ1) is 10.4. The number of rotatable bonds is 3. The molecule has 4 heteroatoms. The van der Waals surface area contributed by atoms with Crippen molar-refractivity contribution in [2.24, 2.45) is 16.4 Å². The lowest BCUT2D eigenvalue weighted by atomic mass is 9.72. The summed E-state index contributed by atoms with van der Waals surface area (Å²) in [5.74, 6) is 1.31. The second kappa shape index (κ2) is 6.95. The van der Waals surface area contributed by atoms with Crippen molar-refractivity contribution in [2.75, 3.05) is 7.11 Å². The first-order valence-corrected chi connectivity index (χ1v) is 7.90. The van der Waals surface area contributed by atoms with Gasteiger partial charge in [-0.1, -0.05) is 20.8 Å². The fourth-order valence-electron chi connectivity index (χ4n) is 2.87. The molecule has 1 aromatic rings. The van der Waals surface area contributed by atoms with E-state index in [0.717, 1.165) is 43.1 Å². The average molecular weight is 302 g/mol. The summed E-state index contributed by atoms with van der Waals surface area (Å²) in [5.41, 5.74) is 4.72. The average Bonchev–Trinajstić information content (AvgIpc) is 2.52. The highest BCUT2D eigenvalue weighted by molar-refractivity contribution is 5.95. The summed E-state index contributed by atoms with van der Waals surface area (Å²) in [6.45, 7) is 6.89. The molecule has 1 aliphatic rings. The van der Waals surface area contributed by atoms with E-state index >= 15 is 0 Å². The van der Waals surface area contributed by atoms with Crippen molar-refractivity contribution in [3.63, 3.8) is 0 Å². The Morgan fingerprint density at radius 2 is 1.77 bits per heavy atom. The van der Waals surface area contributed by atoms with Crippen LogP contribution in [0.3, 0.4) is 0 Å². The second-order valence-corrected chi connectivity index (χ2v) is 6.99. The second-order valence-electron chi connectivity index (χ2n) is 6.99. The summed E-state index contributed by atoms with van der Waals surface area (Å²) >= 11 is 0. The highest BCUT2D eigenvalue weighted by atomic mass is 16.5.